The molecule has 27 heavy (non-hydrogen) atoms. The minimum absolute atomic E-state index is 0.0771. The summed E-state index contributed by atoms with van der Waals surface area (Å²) in [6.07, 6.45) is 1.47. The highest BCUT2D eigenvalue weighted by molar-refractivity contribution is 9.10. The van der Waals surface area contributed by atoms with Gasteiger partial charge >= 0.3 is 0 Å². The lowest BCUT2D eigenvalue weighted by atomic mass is 10.1. The summed E-state index contributed by atoms with van der Waals surface area (Å²) in [7, 11) is 0. The van der Waals surface area contributed by atoms with E-state index >= 15 is 0 Å². The summed E-state index contributed by atoms with van der Waals surface area (Å²) in [5.74, 6) is -2.63. The topological polar surface area (TPSA) is 98.3 Å². The van der Waals surface area contributed by atoms with Crippen LogP contribution >= 0.6 is 15.9 Å². The number of rotatable bonds is 6. The van der Waals surface area contributed by atoms with E-state index in [1.807, 2.05) is 13.0 Å². The molecule has 2 rings (SSSR count). The molecule has 0 heterocycles. The number of nitrogens with one attached hydrogen (secondary N) is 2. The normalized spacial score (nSPS) is 12.2. The molecule has 0 spiro atoms. The molecule has 0 radical (unpaired) electrons. The van der Waals surface area contributed by atoms with Crippen LogP contribution in [0.2, 0.25) is 0 Å². The van der Waals surface area contributed by atoms with Gasteiger partial charge in [0.2, 0.25) is 0 Å². The Labute approximate surface area is 165 Å². The summed E-state index contributed by atoms with van der Waals surface area (Å²) in [5.41, 5.74) is 1.95. The Morgan fingerprint density at radius 3 is 2.37 bits per heavy atom. The van der Waals surface area contributed by atoms with Gasteiger partial charge in [0, 0.05) is 10.0 Å². The van der Waals surface area contributed by atoms with Crippen LogP contribution in [0.15, 0.2) is 58.7 Å². The number of halogens is 1. The summed E-state index contributed by atoms with van der Waals surface area (Å²) in [5, 5.41) is 15.7. The van der Waals surface area contributed by atoms with Crippen LogP contribution in [0.4, 0.5) is 0 Å². The van der Waals surface area contributed by atoms with E-state index in [9.17, 15) is 19.5 Å². The highest BCUT2D eigenvalue weighted by Gasteiger charge is 2.17. The number of amides is 2. The van der Waals surface area contributed by atoms with Crippen molar-refractivity contribution in [3.05, 3.63) is 75.4 Å². The molecule has 7 heteroatoms. The number of carbonyl (C=O) groups is 3. The molecule has 0 unspecified atom stereocenters. The smallest absolute Gasteiger partial charge is 0.268 e. The average Bonchev–Trinajstić information content (AvgIpc) is 2.61. The molecule has 140 valence electrons. The van der Waals surface area contributed by atoms with Crippen LogP contribution in [0.1, 0.15) is 28.4 Å². The van der Waals surface area contributed by atoms with Gasteiger partial charge in [-0.15, -0.1) is 0 Å². The number of carbonyl (C=O) groups excluding carboxylic acids is 3. The maximum absolute atomic E-state index is 12.5. The van der Waals surface area contributed by atoms with Crippen LogP contribution in [0.5, 0.6) is 0 Å². The van der Waals surface area contributed by atoms with Crippen molar-refractivity contribution in [3.8, 4) is 0 Å². The van der Waals surface area contributed by atoms with Gasteiger partial charge in [0.15, 0.2) is 0 Å². The van der Waals surface area contributed by atoms with Gasteiger partial charge in [0.05, 0.1) is 12.0 Å². The van der Waals surface area contributed by atoms with E-state index in [4.69, 9.17) is 0 Å². The first-order valence-corrected chi connectivity index (χ1v) is 8.92. The van der Waals surface area contributed by atoms with Crippen LogP contribution in [0.3, 0.4) is 0 Å². The Bertz CT molecular complexity index is 891. The lowest BCUT2D eigenvalue weighted by Crippen LogP contribution is -2.48. The molecule has 0 saturated heterocycles. The molecule has 0 saturated carbocycles. The number of benzene rings is 2. The summed E-state index contributed by atoms with van der Waals surface area (Å²) in [4.78, 5) is 35.8. The zero-order chi connectivity index (χ0) is 20.0. The number of hydrogen-bond donors (Lipinski definition) is 2. The third-order valence-electron chi connectivity index (χ3n) is 3.67. The Morgan fingerprint density at radius 2 is 1.78 bits per heavy atom. The predicted octanol–water partition coefficient (Wildman–Crippen LogP) is 1.78. The fourth-order valence-corrected chi connectivity index (χ4v) is 2.57. The Morgan fingerprint density at radius 1 is 1.11 bits per heavy atom. The molecule has 2 amide bonds. The molecule has 0 fully saturated rings. The highest BCUT2D eigenvalue weighted by atomic mass is 79.9. The number of carboxylic acids is 1. The summed E-state index contributed by atoms with van der Waals surface area (Å²) in [6.45, 7) is 3.18. The highest BCUT2D eigenvalue weighted by Crippen LogP contribution is 2.14. The molecule has 0 aliphatic heterocycles. The minimum Gasteiger partial charge on any atom is -0.548 e. The second kappa shape index (κ2) is 9.14. The Kier molecular flexibility index (Phi) is 6.90. The number of carboxylic acid groups (broad SMARTS) is 1. The number of aryl methyl sites for hydroxylation is 1. The largest absolute Gasteiger partial charge is 0.548 e. The van der Waals surface area contributed by atoms with E-state index in [0.29, 0.717) is 11.1 Å². The van der Waals surface area contributed by atoms with Crippen molar-refractivity contribution in [1.29, 1.82) is 0 Å². The maximum atomic E-state index is 12.5. The monoisotopic (exact) mass is 429 g/mol. The van der Waals surface area contributed by atoms with Crippen molar-refractivity contribution in [1.82, 2.24) is 10.6 Å². The first kappa shape index (κ1) is 20.4. The molecular formula is C20H18BrN2O4-. The lowest BCUT2D eigenvalue weighted by Gasteiger charge is -2.17. The SMILES string of the molecule is Cc1ccc(C(=O)N/C(=C/c2cccc(Br)c2)C(=O)N[C@H](C)C(=O)[O-])cc1. The predicted molar refractivity (Wildman–Crippen MR) is 103 cm³/mol. The Balaban J connectivity index is 2.31. The quantitative estimate of drug-likeness (QED) is 0.683. The van der Waals surface area contributed by atoms with Crippen molar-refractivity contribution < 1.29 is 19.5 Å². The van der Waals surface area contributed by atoms with Gasteiger partial charge < -0.3 is 20.5 Å². The first-order chi connectivity index (χ1) is 12.8. The zero-order valence-electron chi connectivity index (χ0n) is 14.8. The second-order valence-corrected chi connectivity index (χ2v) is 6.86. The fraction of sp³-hybridized carbons (Fsp3) is 0.150. The molecule has 2 aromatic carbocycles. The van der Waals surface area contributed by atoms with Gasteiger partial charge in [-0.25, -0.2) is 0 Å². The van der Waals surface area contributed by atoms with Crippen molar-refractivity contribution >= 4 is 39.8 Å². The van der Waals surface area contributed by atoms with Crippen molar-refractivity contribution in [3.63, 3.8) is 0 Å². The van der Waals surface area contributed by atoms with E-state index in [2.05, 4.69) is 26.6 Å². The molecule has 0 aliphatic rings. The zero-order valence-corrected chi connectivity index (χ0v) is 16.4. The summed E-state index contributed by atoms with van der Waals surface area (Å²) in [6, 6.07) is 12.7. The average molecular weight is 430 g/mol. The van der Waals surface area contributed by atoms with E-state index in [1.165, 1.54) is 13.0 Å². The first-order valence-electron chi connectivity index (χ1n) is 8.13. The summed E-state index contributed by atoms with van der Waals surface area (Å²) < 4.78 is 0.795. The number of aliphatic carboxylic acids is 1. The third kappa shape index (κ3) is 6.07. The summed E-state index contributed by atoms with van der Waals surface area (Å²) >= 11 is 3.34. The van der Waals surface area contributed by atoms with Gasteiger partial charge in [-0.1, -0.05) is 45.8 Å². The number of hydrogen-bond acceptors (Lipinski definition) is 4. The van der Waals surface area contributed by atoms with Crippen molar-refractivity contribution in [2.75, 3.05) is 0 Å². The van der Waals surface area contributed by atoms with Crippen LogP contribution in [-0.4, -0.2) is 23.8 Å². The van der Waals surface area contributed by atoms with Gasteiger partial charge in [-0.2, -0.15) is 0 Å². The van der Waals surface area contributed by atoms with Gasteiger partial charge in [0.25, 0.3) is 11.8 Å². The van der Waals surface area contributed by atoms with Crippen LogP contribution in [-0.2, 0) is 9.59 Å². The molecule has 0 aliphatic carbocycles. The van der Waals surface area contributed by atoms with Gasteiger partial charge in [0.1, 0.15) is 5.70 Å². The fourth-order valence-electron chi connectivity index (χ4n) is 2.15. The Hall–Kier alpha value is -2.93. The van der Waals surface area contributed by atoms with Crippen LogP contribution in [0.25, 0.3) is 6.08 Å². The standard InChI is InChI=1S/C20H19BrN2O4/c1-12-6-8-15(9-7-12)18(24)23-17(19(25)22-13(2)20(26)27)11-14-4-3-5-16(21)10-14/h3-11,13H,1-2H3,(H,22,25)(H,23,24)(H,26,27)/p-1/b17-11+/t13-/m1/s1. The molecule has 1 atom stereocenters. The lowest BCUT2D eigenvalue weighted by molar-refractivity contribution is -0.307. The van der Waals surface area contributed by atoms with Crippen molar-refractivity contribution in [2.24, 2.45) is 0 Å². The van der Waals surface area contributed by atoms with Crippen molar-refractivity contribution in [2.45, 2.75) is 19.9 Å². The molecule has 6 nitrogen and oxygen atoms in total. The van der Waals surface area contributed by atoms with E-state index in [-0.39, 0.29) is 5.70 Å². The molecule has 0 aromatic heterocycles. The van der Waals surface area contributed by atoms with Crippen LogP contribution < -0.4 is 15.7 Å². The maximum Gasteiger partial charge on any atom is 0.268 e. The van der Waals surface area contributed by atoms with Gasteiger partial charge in [-0.3, -0.25) is 9.59 Å². The minimum atomic E-state index is -1.42. The van der Waals surface area contributed by atoms with E-state index < -0.39 is 23.8 Å². The molecule has 2 N–H and O–H groups in total. The van der Waals surface area contributed by atoms with E-state index in [1.54, 1.807) is 42.5 Å². The molecule has 2 aromatic rings. The third-order valence-corrected chi connectivity index (χ3v) is 4.16. The van der Waals surface area contributed by atoms with Gasteiger partial charge in [-0.05, 0) is 49.8 Å². The second-order valence-electron chi connectivity index (χ2n) is 5.95. The van der Waals surface area contributed by atoms with Crippen LogP contribution in [0, 0.1) is 6.92 Å². The molecule has 0 bridgehead atoms. The molecular weight excluding hydrogens is 412 g/mol. The van der Waals surface area contributed by atoms with E-state index in [0.717, 1.165) is 10.0 Å².